The summed E-state index contributed by atoms with van der Waals surface area (Å²) in [7, 11) is -3.15. The van der Waals surface area contributed by atoms with Gasteiger partial charge in [0.1, 0.15) is 0 Å². The number of non-ortho nitro benzene ring substituents is 1. The Labute approximate surface area is 151 Å². The molecule has 26 heavy (non-hydrogen) atoms. The Morgan fingerprint density at radius 3 is 2.65 bits per heavy atom. The minimum Gasteiger partial charge on any atom is -0.449 e. The predicted octanol–water partition coefficient (Wildman–Crippen LogP) is 1.18. The monoisotopic (exact) mass is 384 g/mol. The second-order valence-electron chi connectivity index (χ2n) is 6.04. The van der Waals surface area contributed by atoms with Crippen molar-refractivity contribution in [3.63, 3.8) is 0 Å². The summed E-state index contributed by atoms with van der Waals surface area (Å²) >= 11 is 0. The number of sulfone groups is 1. The highest BCUT2D eigenvalue weighted by atomic mass is 32.2. The molecule has 2 rings (SSSR count). The predicted molar refractivity (Wildman–Crippen MR) is 92.4 cm³/mol. The number of carbonyl (C=O) groups excluding carboxylic acids is 2. The smallest absolute Gasteiger partial charge is 0.339 e. The second kappa shape index (κ2) is 7.81. The lowest BCUT2D eigenvalue weighted by Gasteiger charge is -2.29. The van der Waals surface area contributed by atoms with E-state index in [1.165, 1.54) is 30.0 Å². The first kappa shape index (κ1) is 19.8. The molecule has 0 radical (unpaired) electrons. The highest BCUT2D eigenvalue weighted by Crippen LogP contribution is 2.20. The van der Waals surface area contributed by atoms with Crippen molar-refractivity contribution in [1.82, 2.24) is 4.90 Å². The lowest BCUT2D eigenvalue weighted by Crippen LogP contribution is -2.46. The summed E-state index contributed by atoms with van der Waals surface area (Å²) in [5, 5.41) is 10.8. The van der Waals surface area contributed by atoms with Gasteiger partial charge >= 0.3 is 5.97 Å². The van der Waals surface area contributed by atoms with Crippen molar-refractivity contribution in [2.24, 2.45) is 0 Å². The minimum atomic E-state index is -3.15. The average Bonchev–Trinajstić information content (AvgIpc) is 2.95. The topological polar surface area (TPSA) is 124 Å². The molecule has 2 atom stereocenters. The van der Waals surface area contributed by atoms with Gasteiger partial charge < -0.3 is 9.64 Å². The van der Waals surface area contributed by atoms with Crippen LogP contribution in [0.5, 0.6) is 0 Å². The summed E-state index contributed by atoms with van der Waals surface area (Å²) in [6.07, 6.45) is -0.780. The summed E-state index contributed by atoms with van der Waals surface area (Å²) in [5.41, 5.74) is -0.296. The highest BCUT2D eigenvalue weighted by molar-refractivity contribution is 7.91. The quantitative estimate of drug-likeness (QED) is 0.410. The lowest BCUT2D eigenvalue weighted by atomic mass is 10.2. The molecular formula is C16H20N2O7S. The zero-order valence-corrected chi connectivity index (χ0v) is 15.3. The van der Waals surface area contributed by atoms with Crippen molar-refractivity contribution in [3.05, 3.63) is 39.9 Å². The van der Waals surface area contributed by atoms with Gasteiger partial charge in [-0.1, -0.05) is 6.07 Å². The molecule has 0 spiro atoms. The molecule has 0 aromatic heterocycles. The number of amides is 1. The van der Waals surface area contributed by atoms with E-state index in [2.05, 4.69) is 0 Å². The first-order chi connectivity index (χ1) is 12.1. The Hall–Kier alpha value is -2.49. The zero-order valence-electron chi connectivity index (χ0n) is 14.5. The minimum absolute atomic E-state index is 0.0310. The van der Waals surface area contributed by atoms with Gasteiger partial charge in [0.05, 0.1) is 22.0 Å². The molecule has 0 bridgehead atoms. The third-order valence-electron chi connectivity index (χ3n) is 4.20. The number of hydrogen-bond donors (Lipinski definition) is 0. The number of ether oxygens (including phenoxy) is 1. The van der Waals surface area contributed by atoms with Gasteiger partial charge in [0, 0.05) is 24.7 Å². The molecule has 1 aromatic rings. The van der Waals surface area contributed by atoms with Crippen LogP contribution in [0.1, 0.15) is 30.6 Å². The van der Waals surface area contributed by atoms with E-state index in [1.807, 2.05) is 0 Å². The first-order valence-corrected chi connectivity index (χ1v) is 9.93. The van der Waals surface area contributed by atoms with Crippen LogP contribution in [-0.2, 0) is 19.4 Å². The molecule has 1 amide bonds. The number of rotatable bonds is 6. The fourth-order valence-corrected chi connectivity index (χ4v) is 4.60. The molecule has 1 heterocycles. The SMILES string of the molecule is CCN(C(=O)[C@@H](C)OC(=O)c1cccc([N+](=O)[O-])c1)[C@H]1CCS(=O)(=O)C1. The Morgan fingerprint density at radius 1 is 1.42 bits per heavy atom. The van der Waals surface area contributed by atoms with E-state index < -0.39 is 38.8 Å². The van der Waals surface area contributed by atoms with Crippen LogP contribution in [0.2, 0.25) is 0 Å². The van der Waals surface area contributed by atoms with E-state index in [0.29, 0.717) is 6.42 Å². The van der Waals surface area contributed by atoms with Gasteiger partial charge in [-0.25, -0.2) is 13.2 Å². The van der Waals surface area contributed by atoms with Crippen molar-refractivity contribution in [1.29, 1.82) is 0 Å². The van der Waals surface area contributed by atoms with Crippen LogP contribution in [0.15, 0.2) is 24.3 Å². The number of benzene rings is 1. The van der Waals surface area contributed by atoms with Crippen LogP contribution in [0, 0.1) is 10.1 Å². The maximum atomic E-state index is 12.6. The van der Waals surface area contributed by atoms with Crippen LogP contribution < -0.4 is 0 Å². The molecule has 1 fully saturated rings. The van der Waals surface area contributed by atoms with Gasteiger partial charge in [-0.2, -0.15) is 0 Å². The van der Waals surface area contributed by atoms with Crippen LogP contribution in [0.3, 0.4) is 0 Å². The highest BCUT2D eigenvalue weighted by Gasteiger charge is 2.36. The summed E-state index contributed by atoms with van der Waals surface area (Å²) in [4.78, 5) is 36.3. The van der Waals surface area contributed by atoms with Crippen molar-refractivity contribution in [3.8, 4) is 0 Å². The molecular weight excluding hydrogens is 364 g/mol. The van der Waals surface area contributed by atoms with E-state index >= 15 is 0 Å². The zero-order chi connectivity index (χ0) is 19.5. The maximum absolute atomic E-state index is 12.6. The number of nitro groups is 1. The Morgan fingerprint density at radius 2 is 2.12 bits per heavy atom. The van der Waals surface area contributed by atoms with Crippen LogP contribution in [-0.4, -0.2) is 60.3 Å². The Balaban J connectivity index is 2.06. The van der Waals surface area contributed by atoms with Crippen LogP contribution in [0.4, 0.5) is 5.69 Å². The molecule has 1 aromatic carbocycles. The summed E-state index contributed by atoms with van der Waals surface area (Å²) in [6.45, 7) is 3.40. The number of nitro benzene ring substituents is 1. The van der Waals surface area contributed by atoms with E-state index in [4.69, 9.17) is 4.74 Å². The molecule has 1 saturated heterocycles. The third-order valence-corrected chi connectivity index (χ3v) is 5.95. The summed E-state index contributed by atoms with van der Waals surface area (Å²) in [6, 6.07) is 4.58. The number of esters is 1. The maximum Gasteiger partial charge on any atom is 0.339 e. The molecule has 0 aliphatic carbocycles. The Bertz CT molecular complexity index is 822. The van der Waals surface area contributed by atoms with E-state index in [9.17, 15) is 28.1 Å². The number of carbonyl (C=O) groups is 2. The van der Waals surface area contributed by atoms with Crippen molar-refractivity contribution in [2.45, 2.75) is 32.4 Å². The van der Waals surface area contributed by atoms with E-state index in [1.54, 1.807) is 6.92 Å². The van der Waals surface area contributed by atoms with Gasteiger partial charge in [0.2, 0.25) is 0 Å². The summed E-state index contributed by atoms with van der Waals surface area (Å²) in [5.74, 6) is -1.42. The van der Waals surface area contributed by atoms with E-state index in [0.717, 1.165) is 6.07 Å². The molecule has 0 unspecified atom stereocenters. The van der Waals surface area contributed by atoms with Crippen molar-refractivity contribution >= 4 is 27.4 Å². The van der Waals surface area contributed by atoms with Gasteiger partial charge in [-0.05, 0) is 26.3 Å². The average molecular weight is 384 g/mol. The van der Waals surface area contributed by atoms with Crippen molar-refractivity contribution < 1.29 is 27.7 Å². The first-order valence-electron chi connectivity index (χ1n) is 8.11. The van der Waals surface area contributed by atoms with Crippen LogP contribution in [0.25, 0.3) is 0 Å². The largest absolute Gasteiger partial charge is 0.449 e. The summed E-state index contributed by atoms with van der Waals surface area (Å²) < 4.78 is 28.4. The number of hydrogen-bond acceptors (Lipinski definition) is 7. The molecule has 0 saturated carbocycles. The van der Waals surface area contributed by atoms with Crippen molar-refractivity contribution in [2.75, 3.05) is 18.1 Å². The fraction of sp³-hybridized carbons (Fsp3) is 0.500. The normalized spacial score (nSPS) is 19.5. The Kier molecular flexibility index (Phi) is 5.96. The molecule has 0 N–H and O–H groups in total. The molecule has 1 aliphatic heterocycles. The molecule has 1 aliphatic rings. The molecule has 10 heteroatoms. The van der Waals surface area contributed by atoms with Gasteiger partial charge in [0.15, 0.2) is 15.9 Å². The van der Waals surface area contributed by atoms with Crippen LogP contribution >= 0.6 is 0 Å². The van der Waals surface area contributed by atoms with Gasteiger partial charge in [0.25, 0.3) is 11.6 Å². The van der Waals surface area contributed by atoms with E-state index in [-0.39, 0.29) is 29.3 Å². The number of nitrogens with zero attached hydrogens (tertiary/aromatic N) is 2. The van der Waals surface area contributed by atoms with Gasteiger partial charge in [-0.15, -0.1) is 0 Å². The lowest BCUT2D eigenvalue weighted by molar-refractivity contribution is -0.384. The molecule has 9 nitrogen and oxygen atoms in total. The molecule has 142 valence electrons. The standard InChI is InChI=1S/C16H20N2O7S/c1-3-17(14-7-8-26(23,24)10-14)15(19)11(2)25-16(20)12-5-4-6-13(9-12)18(21)22/h4-6,9,11,14H,3,7-8,10H2,1-2H3/t11-,14+/m1/s1. The number of likely N-dealkylation sites (N-methyl/N-ethyl adjacent to an activating group) is 1. The third kappa shape index (κ3) is 4.57. The second-order valence-corrected chi connectivity index (χ2v) is 8.26. The van der Waals surface area contributed by atoms with Gasteiger partial charge in [-0.3, -0.25) is 14.9 Å². The fourth-order valence-electron chi connectivity index (χ4n) is 2.87.